The topological polar surface area (TPSA) is 49.6 Å². The first-order valence-corrected chi connectivity index (χ1v) is 6.40. The van der Waals surface area contributed by atoms with E-state index in [-0.39, 0.29) is 6.03 Å². The maximum absolute atomic E-state index is 12.1. The van der Waals surface area contributed by atoms with Crippen LogP contribution in [-0.4, -0.2) is 36.0 Å². The number of nitrogens with zero attached hydrogens (tertiary/aromatic N) is 2. The van der Waals surface area contributed by atoms with Gasteiger partial charge in [0.15, 0.2) is 0 Å². The minimum atomic E-state index is 0.0619. The van der Waals surface area contributed by atoms with E-state index in [4.69, 9.17) is 5.73 Å². The molecule has 0 fully saturated rings. The molecule has 0 bridgehead atoms. The van der Waals surface area contributed by atoms with Crippen molar-refractivity contribution in [3.05, 3.63) is 35.4 Å². The molecule has 1 aromatic rings. The Hall–Kier alpha value is -1.55. The van der Waals surface area contributed by atoms with Gasteiger partial charge in [0.25, 0.3) is 0 Å². The first kappa shape index (κ1) is 14.5. The predicted molar refractivity (Wildman–Crippen MR) is 74.1 cm³/mol. The zero-order valence-corrected chi connectivity index (χ0v) is 11.5. The highest BCUT2D eigenvalue weighted by Gasteiger charge is 2.16. The summed E-state index contributed by atoms with van der Waals surface area (Å²) in [5.41, 5.74) is 7.94. The van der Waals surface area contributed by atoms with Crippen LogP contribution in [0.5, 0.6) is 0 Å². The molecule has 0 saturated carbocycles. The van der Waals surface area contributed by atoms with Crippen molar-refractivity contribution in [2.75, 3.05) is 20.1 Å². The van der Waals surface area contributed by atoms with Crippen LogP contribution in [-0.2, 0) is 13.1 Å². The van der Waals surface area contributed by atoms with Crippen molar-refractivity contribution >= 4 is 6.03 Å². The van der Waals surface area contributed by atoms with E-state index in [0.717, 1.165) is 11.1 Å². The molecule has 0 radical (unpaired) electrons. The number of nitrogens with two attached hydrogens (primary N) is 1. The van der Waals surface area contributed by atoms with Crippen LogP contribution in [0.3, 0.4) is 0 Å². The maximum atomic E-state index is 12.1. The Morgan fingerprint density at radius 2 is 1.78 bits per heavy atom. The fourth-order valence-electron chi connectivity index (χ4n) is 1.81. The highest BCUT2D eigenvalue weighted by molar-refractivity contribution is 5.74. The SMILES string of the molecule is CCN(C)C(=O)N(CC)Cc1ccccc1CN. The number of carbonyl (C=O) groups is 1. The van der Waals surface area contributed by atoms with E-state index < -0.39 is 0 Å². The minimum Gasteiger partial charge on any atom is -0.328 e. The summed E-state index contributed by atoms with van der Waals surface area (Å²) < 4.78 is 0. The second-order valence-electron chi connectivity index (χ2n) is 4.28. The fourth-order valence-corrected chi connectivity index (χ4v) is 1.81. The molecule has 0 heterocycles. The van der Waals surface area contributed by atoms with Crippen molar-refractivity contribution in [2.24, 2.45) is 5.73 Å². The molecule has 100 valence electrons. The summed E-state index contributed by atoms with van der Waals surface area (Å²) in [5, 5.41) is 0. The number of rotatable bonds is 5. The Morgan fingerprint density at radius 3 is 2.28 bits per heavy atom. The van der Waals surface area contributed by atoms with E-state index in [1.165, 1.54) is 0 Å². The summed E-state index contributed by atoms with van der Waals surface area (Å²) in [6.07, 6.45) is 0. The van der Waals surface area contributed by atoms with Crippen LogP contribution >= 0.6 is 0 Å². The first-order chi connectivity index (χ1) is 8.63. The number of hydrogen-bond acceptors (Lipinski definition) is 2. The van der Waals surface area contributed by atoms with E-state index in [2.05, 4.69) is 0 Å². The summed E-state index contributed by atoms with van der Waals surface area (Å²) in [6, 6.07) is 8.06. The summed E-state index contributed by atoms with van der Waals surface area (Å²) in [4.78, 5) is 15.7. The van der Waals surface area contributed by atoms with Crippen molar-refractivity contribution in [1.29, 1.82) is 0 Å². The van der Waals surface area contributed by atoms with Crippen LogP contribution in [0.4, 0.5) is 4.79 Å². The normalized spacial score (nSPS) is 10.2. The molecular formula is C14H23N3O. The van der Waals surface area contributed by atoms with Gasteiger partial charge in [0.1, 0.15) is 0 Å². The second-order valence-corrected chi connectivity index (χ2v) is 4.28. The molecule has 0 aliphatic carbocycles. The lowest BCUT2D eigenvalue weighted by Crippen LogP contribution is -2.40. The third-order valence-corrected chi connectivity index (χ3v) is 3.15. The minimum absolute atomic E-state index is 0.0619. The van der Waals surface area contributed by atoms with Gasteiger partial charge < -0.3 is 15.5 Å². The lowest BCUT2D eigenvalue weighted by Gasteiger charge is -2.27. The summed E-state index contributed by atoms with van der Waals surface area (Å²) in [6.45, 7) is 6.50. The molecule has 1 aromatic carbocycles. The molecule has 0 aromatic heterocycles. The lowest BCUT2D eigenvalue weighted by molar-refractivity contribution is 0.164. The van der Waals surface area contributed by atoms with Gasteiger partial charge >= 0.3 is 6.03 Å². The van der Waals surface area contributed by atoms with Crippen LogP contribution < -0.4 is 5.73 Å². The Morgan fingerprint density at radius 1 is 1.17 bits per heavy atom. The molecule has 2 amide bonds. The van der Waals surface area contributed by atoms with Gasteiger partial charge in [0.2, 0.25) is 0 Å². The molecule has 4 nitrogen and oxygen atoms in total. The number of benzene rings is 1. The highest BCUT2D eigenvalue weighted by Crippen LogP contribution is 2.12. The van der Waals surface area contributed by atoms with E-state index in [9.17, 15) is 4.79 Å². The molecule has 0 unspecified atom stereocenters. The van der Waals surface area contributed by atoms with Crippen molar-refractivity contribution < 1.29 is 4.79 Å². The monoisotopic (exact) mass is 249 g/mol. The fraction of sp³-hybridized carbons (Fsp3) is 0.500. The van der Waals surface area contributed by atoms with Gasteiger partial charge in [-0.3, -0.25) is 0 Å². The van der Waals surface area contributed by atoms with Gasteiger partial charge in [-0.25, -0.2) is 4.79 Å². The van der Waals surface area contributed by atoms with Crippen molar-refractivity contribution in [3.63, 3.8) is 0 Å². The molecule has 4 heteroatoms. The van der Waals surface area contributed by atoms with E-state index in [0.29, 0.717) is 26.2 Å². The average Bonchev–Trinajstić information content (AvgIpc) is 2.43. The molecular weight excluding hydrogens is 226 g/mol. The first-order valence-electron chi connectivity index (χ1n) is 6.40. The van der Waals surface area contributed by atoms with Crippen molar-refractivity contribution in [3.8, 4) is 0 Å². The van der Waals surface area contributed by atoms with E-state index in [1.54, 1.807) is 4.90 Å². The smallest absolute Gasteiger partial charge is 0.320 e. The zero-order chi connectivity index (χ0) is 13.5. The van der Waals surface area contributed by atoms with Gasteiger partial charge in [-0.2, -0.15) is 0 Å². The van der Waals surface area contributed by atoms with Crippen LogP contribution in [0, 0.1) is 0 Å². The van der Waals surface area contributed by atoms with Crippen LogP contribution in [0.15, 0.2) is 24.3 Å². The molecule has 0 aliphatic rings. The number of carbonyl (C=O) groups excluding carboxylic acids is 1. The van der Waals surface area contributed by atoms with Gasteiger partial charge in [0, 0.05) is 33.2 Å². The standard InChI is InChI=1S/C14H23N3O/c1-4-16(3)14(18)17(5-2)11-13-9-7-6-8-12(13)10-15/h6-9H,4-5,10-11,15H2,1-3H3. The molecule has 0 atom stereocenters. The molecule has 2 N–H and O–H groups in total. The Labute approximate surface area is 109 Å². The Kier molecular flexibility index (Phi) is 5.65. The second kappa shape index (κ2) is 7.01. The van der Waals surface area contributed by atoms with Crippen LogP contribution in [0.1, 0.15) is 25.0 Å². The lowest BCUT2D eigenvalue weighted by atomic mass is 10.1. The Balaban J connectivity index is 2.82. The quantitative estimate of drug-likeness (QED) is 0.868. The third kappa shape index (κ3) is 3.47. The largest absolute Gasteiger partial charge is 0.328 e. The van der Waals surface area contributed by atoms with E-state index >= 15 is 0 Å². The summed E-state index contributed by atoms with van der Waals surface area (Å²) in [5.74, 6) is 0. The van der Waals surface area contributed by atoms with Crippen molar-refractivity contribution in [2.45, 2.75) is 26.9 Å². The highest BCUT2D eigenvalue weighted by atomic mass is 16.2. The van der Waals surface area contributed by atoms with Gasteiger partial charge in [0.05, 0.1) is 0 Å². The Bertz CT molecular complexity index is 392. The van der Waals surface area contributed by atoms with E-state index in [1.807, 2.05) is 50.1 Å². The molecule has 0 saturated heterocycles. The molecule has 0 spiro atoms. The molecule has 0 aliphatic heterocycles. The van der Waals surface area contributed by atoms with Crippen LogP contribution in [0.2, 0.25) is 0 Å². The molecule has 18 heavy (non-hydrogen) atoms. The summed E-state index contributed by atoms with van der Waals surface area (Å²) >= 11 is 0. The number of amides is 2. The number of urea groups is 1. The average molecular weight is 249 g/mol. The maximum Gasteiger partial charge on any atom is 0.320 e. The zero-order valence-electron chi connectivity index (χ0n) is 11.5. The van der Waals surface area contributed by atoms with Crippen molar-refractivity contribution in [1.82, 2.24) is 9.80 Å². The van der Waals surface area contributed by atoms with Gasteiger partial charge in [-0.05, 0) is 25.0 Å². The summed E-state index contributed by atoms with van der Waals surface area (Å²) in [7, 11) is 1.82. The van der Waals surface area contributed by atoms with Gasteiger partial charge in [-0.1, -0.05) is 24.3 Å². The molecule has 1 rings (SSSR count). The third-order valence-electron chi connectivity index (χ3n) is 3.15. The van der Waals surface area contributed by atoms with Crippen LogP contribution in [0.25, 0.3) is 0 Å². The number of hydrogen-bond donors (Lipinski definition) is 1. The van der Waals surface area contributed by atoms with Gasteiger partial charge in [-0.15, -0.1) is 0 Å². The predicted octanol–water partition coefficient (Wildman–Crippen LogP) is 2.04.